The summed E-state index contributed by atoms with van der Waals surface area (Å²) >= 11 is 0. The summed E-state index contributed by atoms with van der Waals surface area (Å²) in [6.07, 6.45) is 5.88. The van der Waals surface area contributed by atoms with Crippen LogP contribution in [0.5, 0.6) is 5.75 Å². The highest BCUT2D eigenvalue weighted by Crippen LogP contribution is 2.26. The van der Waals surface area contributed by atoms with Gasteiger partial charge in [-0.25, -0.2) is 0 Å². The quantitative estimate of drug-likeness (QED) is 0.666. The summed E-state index contributed by atoms with van der Waals surface area (Å²) in [4.78, 5) is 23.7. The van der Waals surface area contributed by atoms with Crippen molar-refractivity contribution in [3.8, 4) is 5.75 Å². The fraction of sp³-hybridized carbons (Fsp3) is 0.556. The van der Waals surface area contributed by atoms with Crippen LogP contribution < -0.4 is 21.1 Å². The molecular weight excluding hydrogens is 306 g/mol. The number of hydrogen-bond donors (Lipinski definition) is 3. The minimum absolute atomic E-state index is 0.00438. The summed E-state index contributed by atoms with van der Waals surface area (Å²) in [7, 11) is 0. The van der Waals surface area contributed by atoms with E-state index >= 15 is 0 Å². The Bertz CT molecular complexity index is 516. The molecule has 1 aliphatic carbocycles. The molecule has 2 rings (SSSR count). The van der Waals surface area contributed by atoms with E-state index in [0.29, 0.717) is 18.2 Å². The lowest BCUT2D eigenvalue weighted by Gasteiger charge is -2.30. The zero-order chi connectivity index (χ0) is 17.2. The van der Waals surface area contributed by atoms with Crippen LogP contribution in [0.1, 0.15) is 32.1 Å². The molecule has 1 saturated carbocycles. The van der Waals surface area contributed by atoms with E-state index < -0.39 is 0 Å². The van der Waals surface area contributed by atoms with Crippen molar-refractivity contribution < 1.29 is 14.3 Å². The first-order valence-corrected chi connectivity index (χ1v) is 8.63. The third-order valence-electron chi connectivity index (χ3n) is 4.38. The molecule has 0 spiro atoms. The van der Waals surface area contributed by atoms with Gasteiger partial charge in [-0.1, -0.05) is 37.5 Å². The van der Waals surface area contributed by atoms with Crippen LogP contribution in [-0.4, -0.2) is 37.6 Å². The van der Waals surface area contributed by atoms with Crippen LogP contribution in [0.3, 0.4) is 0 Å². The summed E-state index contributed by atoms with van der Waals surface area (Å²) < 4.78 is 5.33. The normalized spacial score (nSPS) is 16.2. The smallest absolute Gasteiger partial charge is 0.258 e. The molecule has 2 amide bonds. The fourth-order valence-electron chi connectivity index (χ4n) is 3.06. The number of hydrogen-bond acceptors (Lipinski definition) is 4. The van der Waals surface area contributed by atoms with Crippen LogP contribution in [-0.2, 0) is 9.59 Å². The van der Waals surface area contributed by atoms with Crippen molar-refractivity contribution in [3.63, 3.8) is 0 Å². The topological polar surface area (TPSA) is 93.5 Å². The number of rotatable bonds is 8. The van der Waals surface area contributed by atoms with Gasteiger partial charge in [0.2, 0.25) is 5.91 Å². The van der Waals surface area contributed by atoms with E-state index in [1.54, 1.807) is 12.1 Å². The fourth-order valence-corrected chi connectivity index (χ4v) is 3.06. The molecule has 1 fully saturated rings. The van der Waals surface area contributed by atoms with Crippen molar-refractivity contribution in [1.29, 1.82) is 0 Å². The highest BCUT2D eigenvalue weighted by atomic mass is 16.5. The molecular formula is C18H27N3O3. The maximum atomic E-state index is 12.0. The molecule has 0 bridgehead atoms. The van der Waals surface area contributed by atoms with Crippen LogP contribution in [0.4, 0.5) is 0 Å². The average molecular weight is 333 g/mol. The number of carbonyl (C=O) groups excluding carboxylic acids is 2. The number of nitrogens with two attached hydrogens (primary N) is 1. The Hall–Kier alpha value is -2.08. The second-order valence-corrected chi connectivity index (χ2v) is 6.19. The van der Waals surface area contributed by atoms with Gasteiger partial charge < -0.3 is 21.1 Å². The molecule has 132 valence electrons. The van der Waals surface area contributed by atoms with E-state index in [0.717, 1.165) is 12.8 Å². The molecule has 0 aliphatic heterocycles. The lowest BCUT2D eigenvalue weighted by atomic mass is 9.84. The van der Waals surface area contributed by atoms with Gasteiger partial charge in [0.25, 0.3) is 5.91 Å². The monoisotopic (exact) mass is 333 g/mol. The molecule has 0 aromatic heterocycles. The Balaban J connectivity index is 1.66. The molecule has 4 N–H and O–H groups in total. The second-order valence-electron chi connectivity index (χ2n) is 6.19. The summed E-state index contributed by atoms with van der Waals surface area (Å²) in [6.45, 7) is 0.266. The van der Waals surface area contributed by atoms with E-state index in [4.69, 9.17) is 10.5 Å². The molecule has 0 radical (unpaired) electrons. The number of benzene rings is 1. The largest absolute Gasteiger partial charge is 0.484 e. The Kier molecular flexibility index (Phi) is 7.55. The van der Waals surface area contributed by atoms with Gasteiger partial charge in [0, 0.05) is 12.6 Å². The van der Waals surface area contributed by atoms with E-state index in [1.807, 2.05) is 18.2 Å². The van der Waals surface area contributed by atoms with Crippen molar-refractivity contribution >= 4 is 11.8 Å². The van der Waals surface area contributed by atoms with Gasteiger partial charge in [-0.15, -0.1) is 0 Å². The standard InChI is InChI=1S/C18H27N3O3/c19-11-16(14-7-3-1-4-8-14)21-17(22)12-20-18(23)13-24-15-9-5-2-6-10-15/h2,5-6,9-10,14,16H,1,3-4,7-8,11-13,19H2,(H,20,23)(H,21,22). The van der Waals surface area contributed by atoms with Gasteiger partial charge in [0.05, 0.1) is 6.54 Å². The Morgan fingerprint density at radius 3 is 2.50 bits per heavy atom. The Labute approximate surface area is 143 Å². The average Bonchev–Trinajstić information content (AvgIpc) is 2.64. The lowest BCUT2D eigenvalue weighted by Crippen LogP contribution is -2.49. The van der Waals surface area contributed by atoms with Crippen molar-refractivity contribution in [2.45, 2.75) is 38.1 Å². The van der Waals surface area contributed by atoms with Crippen LogP contribution >= 0.6 is 0 Å². The van der Waals surface area contributed by atoms with Gasteiger partial charge in [0.15, 0.2) is 6.61 Å². The Morgan fingerprint density at radius 1 is 1.12 bits per heavy atom. The van der Waals surface area contributed by atoms with Gasteiger partial charge in [-0.3, -0.25) is 9.59 Å². The lowest BCUT2D eigenvalue weighted by molar-refractivity contribution is -0.127. The second kappa shape index (κ2) is 9.93. The van der Waals surface area contributed by atoms with Crippen LogP contribution in [0.2, 0.25) is 0 Å². The number of amides is 2. The van der Waals surface area contributed by atoms with Crippen molar-refractivity contribution in [3.05, 3.63) is 30.3 Å². The highest BCUT2D eigenvalue weighted by Gasteiger charge is 2.23. The molecule has 1 aliphatic rings. The van der Waals surface area contributed by atoms with Gasteiger partial charge in [0.1, 0.15) is 5.75 Å². The molecule has 0 heterocycles. The predicted molar refractivity (Wildman–Crippen MR) is 92.5 cm³/mol. The number of nitrogens with one attached hydrogen (secondary N) is 2. The van der Waals surface area contributed by atoms with Crippen molar-refractivity contribution in [2.24, 2.45) is 11.7 Å². The first kappa shape index (κ1) is 18.3. The maximum Gasteiger partial charge on any atom is 0.258 e. The maximum absolute atomic E-state index is 12.0. The predicted octanol–water partition coefficient (Wildman–Crippen LogP) is 1.21. The van der Waals surface area contributed by atoms with Gasteiger partial charge in [-0.2, -0.15) is 0 Å². The minimum Gasteiger partial charge on any atom is -0.484 e. The molecule has 1 unspecified atom stereocenters. The molecule has 6 nitrogen and oxygen atoms in total. The summed E-state index contributed by atoms with van der Waals surface area (Å²) in [5, 5.41) is 5.51. The molecule has 1 aromatic carbocycles. The van der Waals surface area contributed by atoms with Gasteiger partial charge in [-0.05, 0) is 30.9 Å². The number of carbonyl (C=O) groups is 2. The first-order valence-electron chi connectivity index (χ1n) is 8.63. The van der Waals surface area contributed by atoms with E-state index in [2.05, 4.69) is 10.6 Å². The summed E-state index contributed by atoms with van der Waals surface area (Å²) in [6, 6.07) is 9.08. The SMILES string of the molecule is NCC(NC(=O)CNC(=O)COc1ccccc1)C1CCCCC1. The molecule has 24 heavy (non-hydrogen) atoms. The first-order chi connectivity index (χ1) is 11.7. The van der Waals surface area contributed by atoms with Gasteiger partial charge >= 0.3 is 0 Å². The summed E-state index contributed by atoms with van der Waals surface area (Å²) in [5.41, 5.74) is 5.80. The van der Waals surface area contributed by atoms with Crippen LogP contribution in [0, 0.1) is 5.92 Å². The highest BCUT2D eigenvalue weighted by molar-refractivity contribution is 5.85. The molecule has 1 atom stereocenters. The molecule has 0 saturated heterocycles. The van der Waals surface area contributed by atoms with Crippen molar-refractivity contribution in [1.82, 2.24) is 10.6 Å². The number of ether oxygens (including phenoxy) is 1. The van der Waals surface area contributed by atoms with Crippen molar-refractivity contribution in [2.75, 3.05) is 19.7 Å². The van der Waals surface area contributed by atoms with E-state index in [-0.39, 0.29) is 31.0 Å². The summed E-state index contributed by atoms with van der Waals surface area (Å²) in [5.74, 6) is 0.544. The zero-order valence-corrected chi connectivity index (χ0v) is 14.0. The zero-order valence-electron chi connectivity index (χ0n) is 14.0. The third-order valence-corrected chi connectivity index (χ3v) is 4.38. The number of para-hydroxylation sites is 1. The minimum atomic E-state index is -0.323. The Morgan fingerprint density at radius 2 is 1.83 bits per heavy atom. The van der Waals surface area contributed by atoms with Crippen LogP contribution in [0.15, 0.2) is 30.3 Å². The van der Waals surface area contributed by atoms with E-state index in [1.165, 1.54) is 19.3 Å². The molecule has 6 heteroatoms. The van der Waals surface area contributed by atoms with E-state index in [9.17, 15) is 9.59 Å². The van der Waals surface area contributed by atoms with Crippen LogP contribution in [0.25, 0.3) is 0 Å². The third kappa shape index (κ3) is 6.20. The molecule has 1 aromatic rings.